The van der Waals surface area contributed by atoms with Gasteiger partial charge in [0.05, 0.1) is 0 Å². The minimum absolute atomic E-state index is 0. The van der Waals surface area contributed by atoms with Gasteiger partial charge >= 0.3 is 10.4 Å². The summed E-state index contributed by atoms with van der Waals surface area (Å²) in [6, 6.07) is 0. The van der Waals surface area contributed by atoms with E-state index in [2.05, 4.69) is 0 Å². The second kappa shape index (κ2) is 12.0. The smallest absolute Gasteiger partial charge is 0.264 e. The van der Waals surface area contributed by atoms with Gasteiger partial charge in [-0.05, 0) is 0 Å². The minimum atomic E-state index is -4.67. The number of hydrogen-bond acceptors (Lipinski definition) is 2. The van der Waals surface area contributed by atoms with Gasteiger partial charge in [0.25, 0.3) is 0 Å². The first-order valence-corrected chi connectivity index (χ1v) is 2.10. The van der Waals surface area contributed by atoms with Crippen molar-refractivity contribution in [3.05, 3.63) is 0 Å². The Bertz CT molecular complexity index is 99.0. The van der Waals surface area contributed by atoms with Gasteiger partial charge in [-0.1, -0.05) is 0 Å². The normalized spacial score (nSPS) is 6.44. The molecule has 0 rings (SSSR count). The zero-order valence-electron chi connectivity index (χ0n) is 3.70. The van der Waals surface area contributed by atoms with Crippen molar-refractivity contribution >= 4 is 47.6 Å². The molecule has 0 atom stereocenters. The standard InChI is InChI=1S/3ClH.Fe.H2O4S/c;;;;1-5(2,3)4/h3*1H;;(H2,1,2,3,4). The van der Waals surface area contributed by atoms with Crippen molar-refractivity contribution in [2.45, 2.75) is 0 Å². The molecule has 0 heterocycles. The molecule has 0 spiro atoms. The van der Waals surface area contributed by atoms with Crippen LogP contribution < -0.4 is 0 Å². The van der Waals surface area contributed by atoms with E-state index in [0.29, 0.717) is 0 Å². The SMILES string of the molecule is Cl.Cl.Cl.O=S(=O)(O)O.[Fe]. The summed E-state index contributed by atoms with van der Waals surface area (Å²) < 4.78 is 31.6. The van der Waals surface area contributed by atoms with Gasteiger partial charge < -0.3 is 0 Å². The summed E-state index contributed by atoms with van der Waals surface area (Å²) in [5.74, 6) is 0. The molecule has 0 unspecified atom stereocenters. The van der Waals surface area contributed by atoms with Crippen LogP contribution in [-0.2, 0) is 27.5 Å². The zero-order valence-corrected chi connectivity index (χ0v) is 8.07. The third kappa shape index (κ3) is 308. The predicted octanol–water partition coefficient (Wildman–Crippen LogP) is 0.610. The van der Waals surface area contributed by atoms with Crippen molar-refractivity contribution < 1.29 is 34.6 Å². The van der Waals surface area contributed by atoms with Crippen molar-refractivity contribution in [1.82, 2.24) is 0 Å². The number of rotatable bonds is 0. The van der Waals surface area contributed by atoms with Gasteiger partial charge in [0.15, 0.2) is 0 Å². The molecular formula is H5Cl3FeO4S. The van der Waals surface area contributed by atoms with Crippen LogP contribution in [0.2, 0.25) is 0 Å². The van der Waals surface area contributed by atoms with Gasteiger partial charge in [-0.25, -0.2) is 0 Å². The fourth-order valence-corrected chi connectivity index (χ4v) is 0. The topological polar surface area (TPSA) is 74.6 Å². The van der Waals surface area contributed by atoms with Gasteiger partial charge in [-0.15, -0.1) is 37.2 Å². The molecule has 64 valence electrons. The summed E-state index contributed by atoms with van der Waals surface area (Å²) in [5, 5.41) is 0. The van der Waals surface area contributed by atoms with Crippen molar-refractivity contribution in [1.29, 1.82) is 0 Å². The molecule has 0 bridgehead atoms. The first-order valence-electron chi connectivity index (χ1n) is 0.698. The fourth-order valence-electron chi connectivity index (χ4n) is 0. The molecule has 0 aliphatic heterocycles. The monoisotopic (exact) mass is 262 g/mol. The minimum Gasteiger partial charge on any atom is -0.264 e. The molecule has 2 N–H and O–H groups in total. The zero-order chi connectivity index (χ0) is 4.50. The van der Waals surface area contributed by atoms with Crippen LogP contribution in [0.5, 0.6) is 0 Å². The molecule has 0 aliphatic carbocycles. The number of hydrogen-bond donors (Lipinski definition) is 2. The molecule has 0 aliphatic rings. The van der Waals surface area contributed by atoms with Crippen molar-refractivity contribution in [2.75, 3.05) is 0 Å². The van der Waals surface area contributed by atoms with Crippen LogP contribution >= 0.6 is 37.2 Å². The van der Waals surface area contributed by atoms with E-state index < -0.39 is 10.4 Å². The quantitative estimate of drug-likeness (QED) is 0.496. The Morgan fingerprint density at radius 3 is 0.889 bits per heavy atom. The Morgan fingerprint density at radius 1 is 0.889 bits per heavy atom. The van der Waals surface area contributed by atoms with E-state index in [9.17, 15) is 0 Å². The van der Waals surface area contributed by atoms with Crippen LogP contribution in [0.4, 0.5) is 0 Å². The number of halogens is 3. The van der Waals surface area contributed by atoms with Crippen LogP contribution in [-0.4, -0.2) is 17.5 Å². The molecular weight excluding hydrogens is 258 g/mol. The Kier molecular flexibility index (Phi) is 42.3. The van der Waals surface area contributed by atoms with Crippen LogP contribution in [0.25, 0.3) is 0 Å². The summed E-state index contributed by atoms with van der Waals surface area (Å²) >= 11 is 0. The summed E-state index contributed by atoms with van der Waals surface area (Å²) in [7, 11) is -4.67. The van der Waals surface area contributed by atoms with Crippen molar-refractivity contribution in [3.63, 3.8) is 0 Å². The van der Waals surface area contributed by atoms with E-state index in [1.807, 2.05) is 0 Å². The molecule has 0 radical (unpaired) electrons. The van der Waals surface area contributed by atoms with Gasteiger partial charge in [0.1, 0.15) is 0 Å². The Morgan fingerprint density at radius 2 is 0.889 bits per heavy atom. The Hall–Kier alpha value is 1.26. The van der Waals surface area contributed by atoms with Gasteiger partial charge in [0.2, 0.25) is 0 Å². The van der Waals surface area contributed by atoms with Crippen LogP contribution in [0.3, 0.4) is 0 Å². The average molecular weight is 263 g/mol. The van der Waals surface area contributed by atoms with E-state index in [4.69, 9.17) is 17.5 Å². The van der Waals surface area contributed by atoms with E-state index in [0.717, 1.165) is 0 Å². The molecule has 0 fully saturated rings. The summed E-state index contributed by atoms with van der Waals surface area (Å²) in [5.41, 5.74) is 0. The van der Waals surface area contributed by atoms with E-state index in [1.54, 1.807) is 0 Å². The maximum Gasteiger partial charge on any atom is 0.394 e. The summed E-state index contributed by atoms with van der Waals surface area (Å²) in [6.07, 6.45) is 0. The molecule has 0 aromatic carbocycles. The van der Waals surface area contributed by atoms with Crippen LogP contribution in [0.15, 0.2) is 0 Å². The maximum absolute atomic E-state index is 8.74. The molecule has 0 aromatic rings. The van der Waals surface area contributed by atoms with Gasteiger partial charge in [-0.2, -0.15) is 8.42 Å². The maximum atomic E-state index is 8.74. The van der Waals surface area contributed by atoms with Crippen molar-refractivity contribution in [3.8, 4) is 0 Å². The summed E-state index contributed by atoms with van der Waals surface area (Å²) in [4.78, 5) is 0. The molecule has 9 heavy (non-hydrogen) atoms. The molecule has 0 saturated carbocycles. The average Bonchev–Trinajstić information content (AvgIpc) is 0.722. The summed E-state index contributed by atoms with van der Waals surface area (Å²) in [6.45, 7) is 0. The molecule has 0 aromatic heterocycles. The van der Waals surface area contributed by atoms with Gasteiger partial charge in [0, 0.05) is 17.1 Å². The van der Waals surface area contributed by atoms with Crippen LogP contribution in [0, 0.1) is 0 Å². The Labute approximate surface area is 82.1 Å². The second-order valence-electron chi connectivity index (χ2n) is 0.448. The predicted molar refractivity (Wildman–Crippen MR) is 35.9 cm³/mol. The first kappa shape index (κ1) is 31.8. The third-order valence-electron chi connectivity index (χ3n) is 0. The van der Waals surface area contributed by atoms with E-state index >= 15 is 0 Å². The fraction of sp³-hybridized carbons (Fsp3) is 0. The molecule has 0 saturated heterocycles. The van der Waals surface area contributed by atoms with E-state index in [-0.39, 0.29) is 54.3 Å². The first-order chi connectivity index (χ1) is 2.00. The molecule has 0 amide bonds. The third-order valence-corrected chi connectivity index (χ3v) is 0. The van der Waals surface area contributed by atoms with Gasteiger partial charge in [-0.3, -0.25) is 9.11 Å². The Balaban J connectivity index is -0.0000000133. The molecule has 4 nitrogen and oxygen atoms in total. The van der Waals surface area contributed by atoms with Crippen molar-refractivity contribution in [2.24, 2.45) is 0 Å². The molecule has 9 heteroatoms. The van der Waals surface area contributed by atoms with Crippen LogP contribution in [0.1, 0.15) is 0 Å². The largest absolute Gasteiger partial charge is 0.394 e. The second-order valence-corrected chi connectivity index (χ2v) is 1.34. The van der Waals surface area contributed by atoms with E-state index in [1.165, 1.54) is 0 Å².